The van der Waals surface area contributed by atoms with Gasteiger partial charge in [0, 0.05) is 37.6 Å². The SMILES string of the molecule is CC(C)(C)OC(=O)N[C@H]1CCCN(c2cc(Cl)ncc2C#Cc2cnn(C(F)(F)F)c2)C1. The number of aromatic nitrogens is 3. The van der Waals surface area contributed by atoms with Crippen molar-refractivity contribution in [2.75, 3.05) is 18.0 Å². The molecule has 1 amide bonds. The van der Waals surface area contributed by atoms with Gasteiger partial charge in [-0.15, -0.1) is 13.2 Å². The molecule has 1 atom stereocenters. The van der Waals surface area contributed by atoms with E-state index in [0.29, 0.717) is 24.3 Å². The number of hydrogen-bond acceptors (Lipinski definition) is 5. The van der Waals surface area contributed by atoms with Crippen LogP contribution in [-0.4, -0.2) is 45.6 Å². The predicted octanol–water partition coefficient (Wildman–Crippen LogP) is 4.30. The summed E-state index contributed by atoms with van der Waals surface area (Å²) < 4.78 is 43.4. The van der Waals surface area contributed by atoms with Crippen LogP contribution in [0.2, 0.25) is 5.15 Å². The molecule has 0 radical (unpaired) electrons. The van der Waals surface area contributed by atoms with Crippen LogP contribution in [0.5, 0.6) is 0 Å². The first-order valence-corrected chi connectivity index (χ1v) is 10.3. The van der Waals surface area contributed by atoms with Crippen LogP contribution in [0.1, 0.15) is 44.7 Å². The standard InChI is InChI=1S/C21H23ClF3N5O2/c1-20(2,3)32-19(31)28-16-5-4-8-29(13-16)17-9-18(22)26-11-15(17)7-6-14-10-27-30(12-14)21(23,24)25/h9-12,16H,4-5,8,13H2,1-3H3,(H,28,31)/t16-/m0/s1. The summed E-state index contributed by atoms with van der Waals surface area (Å²) in [5, 5.41) is 6.42. The number of pyridine rings is 1. The molecule has 0 spiro atoms. The number of alkyl carbamates (subject to hydrolysis) is 1. The van der Waals surface area contributed by atoms with Gasteiger partial charge in [-0.25, -0.2) is 9.78 Å². The number of hydrogen-bond donors (Lipinski definition) is 1. The average molecular weight is 470 g/mol. The van der Waals surface area contributed by atoms with Crippen molar-refractivity contribution >= 4 is 23.4 Å². The topological polar surface area (TPSA) is 72.3 Å². The van der Waals surface area contributed by atoms with Crippen molar-refractivity contribution in [1.29, 1.82) is 0 Å². The second-order valence-electron chi connectivity index (χ2n) is 8.35. The van der Waals surface area contributed by atoms with Gasteiger partial charge in [0.1, 0.15) is 10.8 Å². The summed E-state index contributed by atoms with van der Waals surface area (Å²) in [5.41, 5.74) is 0.717. The molecule has 1 saturated heterocycles. The van der Waals surface area contributed by atoms with Crippen LogP contribution in [0.25, 0.3) is 0 Å². The summed E-state index contributed by atoms with van der Waals surface area (Å²) in [6, 6.07) is 1.51. The molecule has 0 aromatic carbocycles. The fourth-order valence-corrected chi connectivity index (χ4v) is 3.38. The maximum absolute atomic E-state index is 12.7. The zero-order chi connectivity index (χ0) is 23.5. The van der Waals surface area contributed by atoms with E-state index < -0.39 is 18.0 Å². The highest BCUT2D eigenvalue weighted by molar-refractivity contribution is 6.29. The number of rotatable bonds is 2. The normalized spacial score (nSPS) is 16.8. The zero-order valence-corrected chi connectivity index (χ0v) is 18.6. The van der Waals surface area contributed by atoms with Crippen molar-refractivity contribution in [3.05, 3.63) is 40.9 Å². The Balaban J connectivity index is 1.78. The molecule has 2 aromatic heterocycles. The monoisotopic (exact) mass is 469 g/mol. The Morgan fingerprint density at radius 3 is 2.69 bits per heavy atom. The number of nitrogens with one attached hydrogen (secondary N) is 1. The minimum absolute atomic E-state index is 0.102. The molecule has 1 fully saturated rings. The van der Waals surface area contributed by atoms with E-state index in [0.717, 1.165) is 25.2 Å². The maximum Gasteiger partial charge on any atom is 0.504 e. The summed E-state index contributed by atoms with van der Waals surface area (Å²) >= 11 is 6.09. The Morgan fingerprint density at radius 1 is 1.28 bits per heavy atom. The Morgan fingerprint density at radius 2 is 2.03 bits per heavy atom. The Labute approximate surface area is 188 Å². The lowest BCUT2D eigenvalue weighted by Gasteiger charge is -2.35. The third kappa shape index (κ3) is 6.53. The summed E-state index contributed by atoms with van der Waals surface area (Å²) in [5.74, 6) is 5.55. The number of nitrogens with zero attached hydrogens (tertiary/aromatic N) is 4. The third-order valence-corrected chi connectivity index (χ3v) is 4.72. The van der Waals surface area contributed by atoms with E-state index >= 15 is 0 Å². The molecular weight excluding hydrogens is 447 g/mol. The number of carbonyl (C=O) groups is 1. The molecule has 0 bridgehead atoms. The summed E-state index contributed by atoms with van der Waals surface area (Å²) in [6.07, 6.45) is -0.153. The van der Waals surface area contributed by atoms with Gasteiger partial charge < -0.3 is 15.0 Å². The lowest BCUT2D eigenvalue weighted by Crippen LogP contribution is -2.49. The average Bonchev–Trinajstić information content (AvgIpc) is 3.15. The van der Waals surface area contributed by atoms with E-state index in [1.807, 2.05) is 4.90 Å². The molecular formula is C21H23ClF3N5O2. The van der Waals surface area contributed by atoms with Crippen molar-refractivity contribution in [2.24, 2.45) is 0 Å². The van der Waals surface area contributed by atoms with Gasteiger partial charge in [-0.1, -0.05) is 23.4 Å². The molecule has 0 unspecified atom stereocenters. The number of anilines is 1. The van der Waals surface area contributed by atoms with Gasteiger partial charge in [-0.3, -0.25) is 0 Å². The van der Waals surface area contributed by atoms with E-state index in [4.69, 9.17) is 16.3 Å². The van der Waals surface area contributed by atoms with Crippen molar-refractivity contribution in [1.82, 2.24) is 20.1 Å². The second-order valence-corrected chi connectivity index (χ2v) is 8.73. The van der Waals surface area contributed by atoms with Gasteiger partial charge in [0.25, 0.3) is 0 Å². The minimum atomic E-state index is -4.60. The molecule has 0 aliphatic carbocycles. The Hall–Kier alpha value is -2.93. The van der Waals surface area contributed by atoms with Crippen LogP contribution in [0.3, 0.4) is 0 Å². The molecule has 11 heteroatoms. The van der Waals surface area contributed by atoms with Crippen LogP contribution in [0.4, 0.5) is 23.7 Å². The number of halogens is 4. The smallest absolute Gasteiger partial charge is 0.444 e. The molecule has 7 nitrogen and oxygen atoms in total. The van der Waals surface area contributed by atoms with Gasteiger partial charge in [0.05, 0.1) is 23.0 Å². The van der Waals surface area contributed by atoms with Gasteiger partial charge in [-0.05, 0) is 33.6 Å². The van der Waals surface area contributed by atoms with Crippen LogP contribution >= 0.6 is 11.6 Å². The maximum atomic E-state index is 12.7. The highest BCUT2D eigenvalue weighted by atomic mass is 35.5. The fraction of sp³-hybridized carbons (Fsp3) is 0.476. The molecule has 3 heterocycles. The fourth-order valence-electron chi connectivity index (χ4n) is 3.23. The van der Waals surface area contributed by atoms with E-state index in [1.165, 1.54) is 6.20 Å². The summed E-state index contributed by atoms with van der Waals surface area (Å²) in [6.45, 7) is 6.58. The number of piperidine rings is 1. The number of ether oxygens (including phenoxy) is 1. The molecule has 0 saturated carbocycles. The molecule has 3 rings (SSSR count). The van der Waals surface area contributed by atoms with Gasteiger partial charge in [0.15, 0.2) is 0 Å². The van der Waals surface area contributed by atoms with Crippen molar-refractivity contribution in [3.8, 4) is 11.8 Å². The highest BCUT2D eigenvalue weighted by Crippen LogP contribution is 2.26. The van der Waals surface area contributed by atoms with Crippen LogP contribution in [-0.2, 0) is 11.0 Å². The van der Waals surface area contributed by atoms with Crippen molar-refractivity contribution in [2.45, 2.75) is 51.6 Å². The van der Waals surface area contributed by atoms with Gasteiger partial charge in [0.2, 0.25) is 0 Å². The Bertz CT molecular complexity index is 1040. The van der Waals surface area contributed by atoms with E-state index in [-0.39, 0.29) is 21.4 Å². The number of alkyl halides is 3. The summed E-state index contributed by atoms with van der Waals surface area (Å²) in [4.78, 5) is 18.2. The predicted molar refractivity (Wildman–Crippen MR) is 113 cm³/mol. The highest BCUT2D eigenvalue weighted by Gasteiger charge is 2.31. The molecule has 1 aliphatic rings. The third-order valence-electron chi connectivity index (χ3n) is 4.52. The van der Waals surface area contributed by atoms with E-state index in [2.05, 4.69) is 27.2 Å². The molecule has 1 N–H and O–H groups in total. The van der Waals surface area contributed by atoms with E-state index in [1.54, 1.807) is 26.8 Å². The molecule has 172 valence electrons. The zero-order valence-electron chi connectivity index (χ0n) is 17.8. The van der Waals surface area contributed by atoms with Crippen LogP contribution < -0.4 is 10.2 Å². The quantitative estimate of drug-likeness (QED) is 0.524. The Kier molecular flexibility index (Phi) is 6.88. The first kappa shape index (κ1) is 23.7. The largest absolute Gasteiger partial charge is 0.504 e. The van der Waals surface area contributed by atoms with Crippen LogP contribution in [0, 0.1) is 11.8 Å². The van der Waals surface area contributed by atoms with Gasteiger partial charge in [-0.2, -0.15) is 9.78 Å². The lowest BCUT2D eigenvalue weighted by molar-refractivity contribution is -0.212. The molecule has 32 heavy (non-hydrogen) atoms. The number of carbonyl (C=O) groups excluding carboxylic acids is 1. The molecule has 2 aromatic rings. The van der Waals surface area contributed by atoms with Crippen molar-refractivity contribution in [3.63, 3.8) is 0 Å². The first-order valence-electron chi connectivity index (χ1n) is 9.94. The lowest BCUT2D eigenvalue weighted by atomic mass is 10.0. The minimum Gasteiger partial charge on any atom is -0.444 e. The molecule has 1 aliphatic heterocycles. The van der Waals surface area contributed by atoms with Crippen LogP contribution in [0.15, 0.2) is 24.7 Å². The number of amides is 1. The van der Waals surface area contributed by atoms with Crippen molar-refractivity contribution < 1.29 is 22.7 Å². The van der Waals surface area contributed by atoms with Gasteiger partial charge >= 0.3 is 12.4 Å². The van der Waals surface area contributed by atoms with E-state index in [9.17, 15) is 18.0 Å². The summed E-state index contributed by atoms with van der Waals surface area (Å²) in [7, 11) is 0. The second kappa shape index (κ2) is 9.28. The first-order chi connectivity index (χ1) is 14.9.